The summed E-state index contributed by atoms with van der Waals surface area (Å²) in [6.07, 6.45) is 4.96. The van der Waals surface area contributed by atoms with Gasteiger partial charge in [0.05, 0.1) is 22.9 Å². The molecular formula is C20H24N4O4S. The molecule has 1 aromatic heterocycles. The zero-order valence-electron chi connectivity index (χ0n) is 16.3. The van der Waals surface area contributed by atoms with E-state index in [0.717, 1.165) is 43.4 Å². The molecule has 0 radical (unpaired) electrons. The molecule has 9 heteroatoms. The first-order valence-electron chi connectivity index (χ1n) is 9.83. The monoisotopic (exact) mass is 416 g/mol. The Kier molecular flexibility index (Phi) is 5.16. The van der Waals surface area contributed by atoms with Gasteiger partial charge in [0.15, 0.2) is 9.84 Å². The van der Waals surface area contributed by atoms with E-state index in [9.17, 15) is 18.0 Å². The Morgan fingerprint density at radius 1 is 1.07 bits per heavy atom. The summed E-state index contributed by atoms with van der Waals surface area (Å²) < 4.78 is 25.6. The number of para-hydroxylation sites is 1. The van der Waals surface area contributed by atoms with E-state index in [1.807, 2.05) is 31.2 Å². The highest BCUT2D eigenvalue weighted by Gasteiger charge is 2.34. The molecule has 0 saturated heterocycles. The number of nitrogens with zero attached hydrogens (tertiary/aromatic N) is 2. The van der Waals surface area contributed by atoms with E-state index in [2.05, 4.69) is 15.7 Å². The maximum absolute atomic E-state index is 12.6. The lowest BCUT2D eigenvalue weighted by Crippen LogP contribution is -2.42. The lowest BCUT2D eigenvalue weighted by atomic mass is 9.95. The Labute approximate surface area is 169 Å². The van der Waals surface area contributed by atoms with E-state index in [1.54, 1.807) is 0 Å². The van der Waals surface area contributed by atoms with Crippen molar-refractivity contribution in [1.29, 1.82) is 0 Å². The number of hydrogen-bond acceptors (Lipinski definition) is 5. The van der Waals surface area contributed by atoms with Crippen LogP contribution in [0.1, 0.15) is 48.9 Å². The van der Waals surface area contributed by atoms with Gasteiger partial charge in [0.2, 0.25) is 0 Å². The summed E-state index contributed by atoms with van der Waals surface area (Å²) >= 11 is 0. The lowest BCUT2D eigenvalue weighted by Gasteiger charge is -2.22. The summed E-state index contributed by atoms with van der Waals surface area (Å²) in [6.45, 7) is 1.90. The van der Waals surface area contributed by atoms with Crippen molar-refractivity contribution >= 4 is 27.5 Å². The smallest absolute Gasteiger partial charge is 0.314 e. The minimum atomic E-state index is -3.30. The van der Waals surface area contributed by atoms with Crippen LogP contribution in [0, 0.1) is 6.92 Å². The summed E-state index contributed by atoms with van der Waals surface area (Å²) in [5.74, 6) is -1.63. The number of rotatable bonds is 3. The average molecular weight is 417 g/mol. The third-order valence-electron chi connectivity index (χ3n) is 5.51. The summed E-state index contributed by atoms with van der Waals surface area (Å²) in [7, 11) is -3.30. The van der Waals surface area contributed by atoms with Gasteiger partial charge in [-0.05, 0) is 31.4 Å². The highest BCUT2D eigenvalue weighted by atomic mass is 32.2. The predicted octanol–water partition coefficient (Wildman–Crippen LogP) is 2.00. The van der Waals surface area contributed by atoms with Crippen molar-refractivity contribution in [3.8, 4) is 5.69 Å². The van der Waals surface area contributed by atoms with Crippen molar-refractivity contribution in [2.75, 3.05) is 5.32 Å². The molecule has 1 aliphatic carbocycles. The van der Waals surface area contributed by atoms with Gasteiger partial charge in [0.25, 0.3) is 0 Å². The Hall–Kier alpha value is -2.68. The van der Waals surface area contributed by atoms with Gasteiger partial charge in [-0.25, -0.2) is 13.1 Å². The number of aryl methyl sites for hydroxylation is 1. The van der Waals surface area contributed by atoms with Gasteiger partial charge in [0.1, 0.15) is 5.82 Å². The Bertz CT molecular complexity index is 1070. The fourth-order valence-corrected chi connectivity index (χ4v) is 5.50. The number of nitrogens with one attached hydrogen (secondary N) is 2. The van der Waals surface area contributed by atoms with Crippen molar-refractivity contribution < 1.29 is 18.0 Å². The quantitative estimate of drug-likeness (QED) is 0.744. The van der Waals surface area contributed by atoms with E-state index >= 15 is 0 Å². The predicted molar refractivity (Wildman–Crippen MR) is 108 cm³/mol. The van der Waals surface area contributed by atoms with Crippen molar-refractivity contribution in [2.45, 2.75) is 56.6 Å². The number of sulfone groups is 1. The number of carbonyl (C=O) groups excluding carboxylic acids is 2. The second-order valence-corrected chi connectivity index (χ2v) is 9.83. The summed E-state index contributed by atoms with van der Waals surface area (Å²) in [4.78, 5) is 25.0. The summed E-state index contributed by atoms with van der Waals surface area (Å²) in [5.41, 5.74) is 2.50. The maximum Gasteiger partial charge on any atom is 0.314 e. The van der Waals surface area contributed by atoms with Gasteiger partial charge in [-0.1, -0.05) is 37.5 Å². The first-order valence-corrected chi connectivity index (χ1v) is 11.7. The number of fused-ring (bicyclic) bond motifs is 1. The van der Waals surface area contributed by atoms with Crippen LogP contribution in [-0.4, -0.2) is 36.1 Å². The van der Waals surface area contributed by atoms with Crippen molar-refractivity contribution in [3.63, 3.8) is 0 Å². The molecule has 2 aromatic rings. The molecule has 8 nitrogen and oxygen atoms in total. The van der Waals surface area contributed by atoms with E-state index in [-0.39, 0.29) is 23.4 Å². The second kappa shape index (κ2) is 7.62. The van der Waals surface area contributed by atoms with Crippen LogP contribution >= 0.6 is 0 Å². The molecule has 0 spiro atoms. The Balaban J connectivity index is 1.63. The highest BCUT2D eigenvalue weighted by molar-refractivity contribution is 7.90. The van der Waals surface area contributed by atoms with Crippen molar-refractivity contribution in [3.05, 3.63) is 41.1 Å². The van der Waals surface area contributed by atoms with Crippen molar-refractivity contribution in [1.82, 2.24) is 15.1 Å². The SMILES string of the molecule is Cc1ccccc1-n1nc2c(c1NC(=O)C(=O)NC1CCCCC1)CS(=O)(=O)C2. The molecule has 0 atom stereocenters. The molecule has 4 rings (SSSR count). The van der Waals surface area contributed by atoms with Crippen LogP contribution in [0.4, 0.5) is 5.82 Å². The molecule has 2 amide bonds. The third kappa shape index (κ3) is 4.05. The topological polar surface area (TPSA) is 110 Å². The summed E-state index contributed by atoms with van der Waals surface area (Å²) in [6, 6.07) is 7.47. The minimum Gasteiger partial charge on any atom is -0.345 e. The largest absolute Gasteiger partial charge is 0.345 e. The second-order valence-electron chi connectivity index (χ2n) is 7.77. The third-order valence-corrected chi connectivity index (χ3v) is 6.95. The van der Waals surface area contributed by atoms with Crippen LogP contribution in [0.25, 0.3) is 5.69 Å². The van der Waals surface area contributed by atoms with Crippen molar-refractivity contribution in [2.24, 2.45) is 0 Å². The zero-order valence-corrected chi connectivity index (χ0v) is 17.1. The van der Waals surface area contributed by atoms with Crippen LogP contribution < -0.4 is 10.6 Å². The summed E-state index contributed by atoms with van der Waals surface area (Å²) in [5, 5.41) is 9.85. The van der Waals surface area contributed by atoms with Gasteiger partial charge in [-0.15, -0.1) is 0 Å². The first-order chi connectivity index (χ1) is 13.8. The van der Waals surface area contributed by atoms with Crippen LogP contribution in [0.2, 0.25) is 0 Å². The Morgan fingerprint density at radius 3 is 2.52 bits per heavy atom. The van der Waals surface area contributed by atoms with Gasteiger partial charge in [-0.2, -0.15) is 5.10 Å². The average Bonchev–Trinajstić information content (AvgIpc) is 3.15. The van der Waals surface area contributed by atoms with E-state index in [4.69, 9.17) is 0 Å². The van der Waals surface area contributed by atoms with Crippen LogP contribution in [0.15, 0.2) is 24.3 Å². The lowest BCUT2D eigenvalue weighted by molar-refractivity contribution is -0.136. The van der Waals surface area contributed by atoms with E-state index < -0.39 is 21.7 Å². The van der Waals surface area contributed by atoms with E-state index in [1.165, 1.54) is 4.68 Å². The number of hydrogen-bond donors (Lipinski definition) is 2. The van der Waals surface area contributed by atoms with Gasteiger partial charge >= 0.3 is 11.8 Å². The molecule has 1 aliphatic heterocycles. The van der Waals surface area contributed by atoms with Gasteiger partial charge in [0, 0.05) is 11.6 Å². The maximum atomic E-state index is 12.6. The molecule has 0 unspecified atom stereocenters. The van der Waals surface area contributed by atoms with Crippen LogP contribution in [0.5, 0.6) is 0 Å². The Morgan fingerprint density at radius 2 is 1.79 bits per heavy atom. The fraction of sp³-hybridized carbons (Fsp3) is 0.450. The molecule has 1 saturated carbocycles. The van der Waals surface area contributed by atoms with Gasteiger partial charge in [-0.3, -0.25) is 9.59 Å². The van der Waals surface area contributed by atoms with E-state index in [0.29, 0.717) is 11.3 Å². The minimum absolute atomic E-state index is 0.00868. The molecule has 0 bridgehead atoms. The molecule has 2 aliphatic rings. The molecule has 154 valence electrons. The fourth-order valence-electron chi connectivity index (χ4n) is 4.01. The number of benzene rings is 1. The normalized spacial score (nSPS) is 18.2. The highest BCUT2D eigenvalue weighted by Crippen LogP contribution is 2.33. The van der Waals surface area contributed by atoms with Crippen LogP contribution in [0.3, 0.4) is 0 Å². The zero-order chi connectivity index (χ0) is 20.6. The molecule has 29 heavy (non-hydrogen) atoms. The molecule has 2 N–H and O–H groups in total. The molecule has 1 fully saturated rings. The number of amides is 2. The number of carbonyl (C=O) groups is 2. The molecular weight excluding hydrogens is 392 g/mol. The number of anilines is 1. The molecule has 1 aromatic carbocycles. The molecule has 2 heterocycles. The first kappa shape index (κ1) is 19.6. The van der Waals surface area contributed by atoms with Gasteiger partial charge < -0.3 is 10.6 Å². The van der Waals surface area contributed by atoms with Crippen LogP contribution in [-0.2, 0) is 30.9 Å². The standard InChI is InChI=1S/C20H24N4O4S/c1-13-7-5-6-10-17(13)24-18(15-11-29(27,28)12-16(15)23-24)22-20(26)19(25)21-14-8-3-2-4-9-14/h5-7,10,14H,2-4,8-9,11-12H2,1H3,(H,21,25)(H,22,26). The number of aromatic nitrogens is 2.